The molecule has 0 saturated heterocycles. The van der Waals surface area contributed by atoms with Gasteiger partial charge in [0, 0.05) is 14.9 Å². The molecule has 0 saturated carbocycles. The van der Waals surface area contributed by atoms with Crippen molar-refractivity contribution in [2.45, 2.75) is 11.2 Å². The summed E-state index contributed by atoms with van der Waals surface area (Å²) < 4.78 is 67.5. The maximum Gasteiger partial charge on any atom is 0.200 e. The number of hydrogen-bond donors (Lipinski definition) is 0. The van der Waals surface area contributed by atoms with Crippen LogP contribution in [-0.2, 0) is 6.42 Å². The van der Waals surface area contributed by atoms with Crippen molar-refractivity contribution < 1.29 is 22.0 Å². The van der Waals surface area contributed by atoms with Crippen molar-refractivity contribution in [1.29, 1.82) is 0 Å². The molecular formula is C14H7Br2F5. The largest absolute Gasteiger partial charge is 0.203 e. The minimum Gasteiger partial charge on any atom is -0.203 e. The molecule has 0 aromatic heterocycles. The van der Waals surface area contributed by atoms with E-state index in [2.05, 4.69) is 31.9 Å². The van der Waals surface area contributed by atoms with Gasteiger partial charge in [0.2, 0.25) is 5.82 Å². The van der Waals surface area contributed by atoms with Crippen LogP contribution < -0.4 is 0 Å². The molecule has 1 atom stereocenters. The van der Waals surface area contributed by atoms with Crippen molar-refractivity contribution in [3.8, 4) is 0 Å². The van der Waals surface area contributed by atoms with E-state index in [1.54, 1.807) is 24.3 Å². The van der Waals surface area contributed by atoms with Crippen molar-refractivity contribution in [1.82, 2.24) is 0 Å². The van der Waals surface area contributed by atoms with Gasteiger partial charge in [0.15, 0.2) is 23.3 Å². The van der Waals surface area contributed by atoms with Gasteiger partial charge in [-0.2, -0.15) is 0 Å². The summed E-state index contributed by atoms with van der Waals surface area (Å²) in [5.74, 6) is -9.67. The Morgan fingerprint density at radius 2 is 1.19 bits per heavy atom. The van der Waals surface area contributed by atoms with E-state index in [0.29, 0.717) is 5.56 Å². The van der Waals surface area contributed by atoms with Crippen LogP contribution in [0.2, 0.25) is 0 Å². The maximum atomic E-state index is 13.7. The van der Waals surface area contributed by atoms with E-state index in [-0.39, 0.29) is 6.42 Å². The molecule has 0 fully saturated rings. The van der Waals surface area contributed by atoms with Gasteiger partial charge in [-0.05, 0) is 24.1 Å². The lowest BCUT2D eigenvalue weighted by atomic mass is 10.0. The van der Waals surface area contributed by atoms with E-state index in [1.165, 1.54) is 0 Å². The van der Waals surface area contributed by atoms with Gasteiger partial charge < -0.3 is 0 Å². The van der Waals surface area contributed by atoms with Gasteiger partial charge >= 0.3 is 0 Å². The monoisotopic (exact) mass is 428 g/mol. The maximum absolute atomic E-state index is 13.7. The van der Waals surface area contributed by atoms with Crippen molar-refractivity contribution in [3.63, 3.8) is 0 Å². The van der Waals surface area contributed by atoms with Gasteiger partial charge in [-0.25, -0.2) is 22.0 Å². The van der Waals surface area contributed by atoms with Crippen LogP contribution in [0, 0.1) is 29.1 Å². The Labute approximate surface area is 134 Å². The molecule has 2 aromatic rings. The number of hydrogen-bond acceptors (Lipinski definition) is 0. The molecule has 1 unspecified atom stereocenters. The van der Waals surface area contributed by atoms with E-state index >= 15 is 0 Å². The van der Waals surface area contributed by atoms with Crippen LogP contribution in [0.4, 0.5) is 22.0 Å². The third-order valence-corrected chi connectivity index (χ3v) is 4.20. The normalized spacial score (nSPS) is 12.5. The molecule has 112 valence electrons. The zero-order valence-corrected chi connectivity index (χ0v) is 13.4. The molecule has 0 spiro atoms. The Morgan fingerprint density at radius 3 is 1.67 bits per heavy atom. The summed E-state index contributed by atoms with van der Waals surface area (Å²) in [6, 6.07) is 6.80. The first-order valence-electron chi connectivity index (χ1n) is 5.72. The van der Waals surface area contributed by atoms with Crippen LogP contribution in [0.25, 0.3) is 0 Å². The van der Waals surface area contributed by atoms with Crippen molar-refractivity contribution >= 4 is 31.9 Å². The third kappa shape index (κ3) is 3.29. The zero-order valence-electron chi connectivity index (χ0n) is 10.2. The minimum absolute atomic E-state index is 0.0750. The second-order valence-corrected chi connectivity index (χ2v) is 6.30. The first-order valence-corrected chi connectivity index (χ1v) is 7.43. The highest BCUT2D eigenvalue weighted by molar-refractivity contribution is 9.10. The topological polar surface area (TPSA) is 0 Å². The van der Waals surface area contributed by atoms with Gasteiger partial charge in [0.1, 0.15) is 0 Å². The van der Waals surface area contributed by atoms with Crippen molar-refractivity contribution in [3.05, 3.63) is 69.0 Å². The fourth-order valence-electron chi connectivity index (χ4n) is 1.83. The molecular weight excluding hydrogens is 423 g/mol. The highest BCUT2D eigenvalue weighted by Gasteiger charge is 2.29. The SMILES string of the molecule is Fc1c(F)c(F)c(C(Br)Cc2ccc(Br)cc2)c(F)c1F. The van der Waals surface area contributed by atoms with Crippen LogP contribution >= 0.6 is 31.9 Å². The molecule has 0 amide bonds. The van der Waals surface area contributed by atoms with E-state index in [0.717, 1.165) is 4.47 Å². The Hall–Kier alpha value is -0.950. The van der Waals surface area contributed by atoms with Gasteiger partial charge in [-0.1, -0.05) is 44.0 Å². The number of benzene rings is 2. The third-order valence-electron chi connectivity index (χ3n) is 2.89. The lowest BCUT2D eigenvalue weighted by Crippen LogP contribution is -2.10. The van der Waals surface area contributed by atoms with Gasteiger partial charge in [0.25, 0.3) is 0 Å². The van der Waals surface area contributed by atoms with E-state index in [4.69, 9.17) is 0 Å². The smallest absolute Gasteiger partial charge is 0.200 e. The number of alkyl halides is 1. The van der Waals surface area contributed by atoms with Crippen molar-refractivity contribution in [2.24, 2.45) is 0 Å². The van der Waals surface area contributed by atoms with Crippen LogP contribution in [0.3, 0.4) is 0 Å². The van der Waals surface area contributed by atoms with Crippen LogP contribution in [0.5, 0.6) is 0 Å². The Kier molecular flexibility index (Phi) is 5.03. The highest BCUT2D eigenvalue weighted by atomic mass is 79.9. The Bertz CT molecular complexity index is 641. The van der Waals surface area contributed by atoms with Crippen LogP contribution in [0.1, 0.15) is 16.0 Å². The van der Waals surface area contributed by atoms with Gasteiger partial charge in [-0.15, -0.1) is 0 Å². The average Bonchev–Trinajstić information content (AvgIpc) is 2.46. The van der Waals surface area contributed by atoms with E-state index in [9.17, 15) is 22.0 Å². The summed E-state index contributed by atoms with van der Waals surface area (Å²) in [5, 5.41) is 0. The summed E-state index contributed by atoms with van der Waals surface area (Å²) in [6.07, 6.45) is 0.0750. The molecule has 0 aliphatic heterocycles. The highest BCUT2D eigenvalue weighted by Crippen LogP contribution is 2.34. The quantitative estimate of drug-likeness (QED) is 0.249. The molecule has 0 aliphatic carbocycles. The fourth-order valence-corrected chi connectivity index (χ4v) is 2.87. The second-order valence-electron chi connectivity index (χ2n) is 4.28. The lowest BCUT2D eigenvalue weighted by molar-refractivity contribution is 0.369. The molecule has 0 nitrogen and oxygen atoms in total. The summed E-state index contributed by atoms with van der Waals surface area (Å²) >= 11 is 6.22. The first-order chi connectivity index (χ1) is 9.82. The number of halogens is 7. The molecule has 0 bridgehead atoms. The van der Waals surface area contributed by atoms with Gasteiger partial charge in [0.05, 0.1) is 0 Å². The minimum atomic E-state index is -2.16. The summed E-state index contributed by atoms with van der Waals surface area (Å²) in [5.41, 5.74) is -0.182. The number of rotatable bonds is 3. The summed E-state index contributed by atoms with van der Waals surface area (Å²) in [6.45, 7) is 0. The second kappa shape index (κ2) is 6.44. The summed E-state index contributed by atoms with van der Waals surface area (Å²) in [7, 11) is 0. The predicted octanol–water partition coefficient (Wildman–Crippen LogP) is 5.82. The summed E-state index contributed by atoms with van der Waals surface area (Å²) in [4.78, 5) is -1.04. The lowest BCUT2D eigenvalue weighted by Gasteiger charge is -2.14. The Morgan fingerprint density at radius 1 is 0.762 bits per heavy atom. The Balaban J connectivity index is 2.39. The molecule has 21 heavy (non-hydrogen) atoms. The fraction of sp³-hybridized carbons (Fsp3) is 0.143. The molecule has 2 aromatic carbocycles. The van der Waals surface area contributed by atoms with Gasteiger partial charge in [-0.3, -0.25) is 0 Å². The predicted molar refractivity (Wildman–Crippen MR) is 75.7 cm³/mol. The van der Waals surface area contributed by atoms with Crippen molar-refractivity contribution in [2.75, 3.05) is 0 Å². The molecule has 0 aliphatic rings. The standard InChI is InChI=1S/C14H7Br2F5/c15-7-3-1-6(2-4-7)5-8(16)9-10(17)12(19)14(21)13(20)11(9)18/h1-4,8H,5H2. The first kappa shape index (κ1) is 16.4. The zero-order chi connectivity index (χ0) is 15.7. The average molecular weight is 430 g/mol. The van der Waals surface area contributed by atoms with Crippen LogP contribution in [0.15, 0.2) is 28.7 Å². The van der Waals surface area contributed by atoms with E-state index < -0.39 is 39.5 Å². The molecule has 0 N–H and O–H groups in total. The van der Waals surface area contributed by atoms with Crippen LogP contribution in [-0.4, -0.2) is 0 Å². The molecule has 0 heterocycles. The molecule has 2 rings (SSSR count). The molecule has 0 radical (unpaired) electrons. The molecule has 7 heteroatoms. The van der Waals surface area contributed by atoms with E-state index in [1.807, 2.05) is 0 Å².